The molecule has 6 heteroatoms. The van der Waals surface area contributed by atoms with Crippen LogP contribution >= 0.6 is 11.6 Å². The second-order valence-electron chi connectivity index (χ2n) is 5.03. The lowest BCUT2D eigenvalue weighted by atomic mass is 9.85. The van der Waals surface area contributed by atoms with Gasteiger partial charge in [0.25, 0.3) is 0 Å². The second-order valence-corrected chi connectivity index (χ2v) is 5.37. The Morgan fingerprint density at radius 2 is 2.06 bits per heavy atom. The average molecular weight is 271 g/mol. The molecule has 1 aromatic rings. The maximum Gasteiger partial charge on any atom is 0.322 e. The van der Waals surface area contributed by atoms with Crippen LogP contribution in [-0.2, 0) is 0 Å². The highest BCUT2D eigenvalue weighted by Crippen LogP contribution is 2.28. The van der Waals surface area contributed by atoms with Crippen molar-refractivity contribution in [2.45, 2.75) is 39.2 Å². The van der Waals surface area contributed by atoms with Crippen molar-refractivity contribution in [3.05, 3.63) is 5.28 Å². The first-order chi connectivity index (χ1) is 8.54. The summed E-state index contributed by atoms with van der Waals surface area (Å²) in [6.07, 6.45) is 3.93. The first-order valence-corrected chi connectivity index (χ1v) is 6.71. The number of halogens is 1. The van der Waals surface area contributed by atoms with E-state index >= 15 is 0 Å². The summed E-state index contributed by atoms with van der Waals surface area (Å²) in [5, 5.41) is 0.177. The van der Waals surface area contributed by atoms with Crippen LogP contribution in [0.2, 0.25) is 5.28 Å². The van der Waals surface area contributed by atoms with Gasteiger partial charge >= 0.3 is 6.01 Å². The summed E-state index contributed by atoms with van der Waals surface area (Å²) < 4.78 is 5.46. The van der Waals surface area contributed by atoms with Crippen molar-refractivity contribution in [2.24, 2.45) is 5.92 Å². The Morgan fingerprint density at radius 3 is 2.61 bits per heavy atom. The number of nitrogens with zero attached hydrogens (tertiary/aromatic N) is 4. The molecule has 1 aromatic heterocycles. The van der Waals surface area contributed by atoms with Crippen molar-refractivity contribution >= 4 is 17.5 Å². The van der Waals surface area contributed by atoms with Crippen LogP contribution in [0, 0.1) is 5.92 Å². The van der Waals surface area contributed by atoms with Crippen molar-refractivity contribution in [1.29, 1.82) is 0 Å². The molecule has 1 saturated carbocycles. The molecular weight excluding hydrogens is 252 g/mol. The van der Waals surface area contributed by atoms with Gasteiger partial charge in [0.2, 0.25) is 11.2 Å². The first-order valence-electron chi connectivity index (χ1n) is 6.34. The lowest BCUT2D eigenvalue weighted by Gasteiger charge is -2.30. The molecule has 18 heavy (non-hydrogen) atoms. The number of hydrogen-bond donors (Lipinski definition) is 0. The molecule has 100 valence electrons. The molecule has 2 rings (SSSR count). The third-order valence-electron chi connectivity index (χ3n) is 3.02. The lowest BCUT2D eigenvalue weighted by Crippen LogP contribution is -2.30. The Morgan fingerprint density at radius 1 is 1.33 bits per heavy atom. The van der Waals surface area contributed by atoms with E-state index < -0.39 is 0 Å². The number of aromatic nitrogens is 3. The molecule has 0 atom stereocenters. The zero-order chi connectivity index (χ0) is 13.1. The van der Waals surface area contributed by atoms with Gasteiger partial charge in [-0.1, -0.05) is 6.42 Å². The quantitative estimate of drug-likeness (QED) is 0.823. The standard InChI is InChI=1S/C12H19ClN4O/c1-8(2)18-12-15-10(13)14-11(16-12)17(3)7-9-5-4-6-9/h8-9H,4-7H2,1-3H3. The SMILES string of the molecule is CC(C)Oc1nc(Cl)nc(N(C)CC2CCC2)n1. The first kappa shape index (κ1) is 13.3. The molecule has 0 unspecified atom stereocenters. The predicted molar refractivity (Wildman–Crippen MR) is 71.2 cm³/mol. The van der Waals surface area contributed by atoms with Crippen LogP contribution in [0.4, 0.5) is 5.95 Å². The molecule has 1 aliphatic carbocycles. The van der Waals surface area contributed by atoms with Crippen LogP contribution in [0.25, 0.3) is 0 Å². The Kier molecular flexibility index (Phi) is 4.22. The van der Waals surface area contributed by atoms with Gasteiger partial charge < -0.3 is 9.64 Å². The van der Waals surface area contributed by atoms with Crippen LogP contribution in [0.3, 0.4) is 0 Å². The molecule has 0 aromatic carbocycles. The zero-order valence-corrected chi connectivity index (χ0v) is 11.8. The van der Waals surface area contributed by atoms with Gasteiger partial charge in [0.15, 0.2) is 0 Å². The van der Waals surface area contributed by atoms with Crippen LogP contribution in [0.1, 0.15) is 33.1 Å². The van der Waals surface area contributed by atoms with E-state index in [0.717, 1.165) is 12.5 Å². The van der Waals surface area contributed by atoms with Gasteiger partial charge in [0, 0.05) is 13.6 Å². The van der Waals surface area contributed by atoms with Crippen LogP contribution < -0.4 is 9.64 Å². The molecule has 0 bridgehead atoms. The Labute approximate surface area is 113 Å². The molecule has 0 radical (unpaired) electrons. The van der Waals surface area contributed by atoms with Crippen molar-refractivity contribution in [3.8, 4) is 6.01 Å². The van der Waals surface area contributed by atoms with E-state index in [1.165, 1.54) is 19.3 Å². The molecule has 1 aliphatic rings. The highest BCUT2D eigenvalue weighted by molar-refractivity contribution is 6.28. The van der Waals surface area contributed by atoms with E-state index in [1.807, 2.05) is 25.8 Å². The van der Waals surface area contributed by atoms with Gasteiger partial charge in [0.05, 0.1) is 6.10 Å². The van der Waals surface area contributed by atoms with E-state index in [1.54, 1.807) is 0 Å². The summed E-state index contributed by atoms with van der Waals surface area (Å²) in [6, 6.07) is 0.292. The van der Waals surface area contributed by atoms with Gasteiger partial charge in [-0.15, -0.1) is 0 Å². The minimum absolute atomic E-state index is 0.0215. The molecule has 0 amide bonds. The van der Waals surface area contributed by atoms with Crippen LogP contribution in [0.5, 0.6) is 6.01 Å². The smallest absolute Gasteiger partial charge is 0.322 e. The summed E-state index contributed by atoms with van der Waals surface area (Å²) in [5.74, 6) is 1.33. The number of ether oxygens (including phenoxy) is 1. The van der Waals surface area contributed by atoms with Gasteiger partial charge in [0.1, 0.15) is 0 Å². The molecular formula is C12H19ClN4O. The van der Waals surface area contributed by atoms with E-state index in [4.69, 9.17) is 16.3 Å². The maximum absolute atomic E-state index is 5.89. The topological polar surface area (TPSA) is 51.1 Å². The predicted octanol–water partition coefficient (Wildman–Crippen LogP) is 2.55. The zero-order valence-electron chi connectivity index (χ0n) is 11.1. The van der Waals surface area contributed by atoms with E-state index in [0.29, 0.717) is 12.0 Å². The van der Waals surface area contributed by atoms with Crippen molar-refractivity contribution in [1.82, 2.24) is 15.0 Å². The second kappa shape index (κ2) is 5.69. The fraction of sp³-hybridized carbons (Fsp3) is 0.750. The monoisotopic (exact) mass is 270 g/mol. The number of anilines is 1. The summed E-state index contributed by atoms with van der Waals surface area (Å²) in [4.78, 5) is 14.4. The third-order valence-corrected chi connectivity index (χ3v) is 3.18. The number of rotatable bonds is 5. The summed E-state index contributed by atoms with van der Waals surface area (Å²) >= 11 is 5.89. The van der Waals surface area contributed by atoms with Crippen molar-refractivity contribution < 1.29 is 4.74 Å². The molecule has 0 saturated heterocycles. The minimum atomic E-state index is 0.0215. The molecule has 1 heterocycles. The largest absolute Gasteiger partial charge is 0.461 e. The van der Waals surface area contributed by atoms with Gasteiger partial charge in [-0.25, -0.2) is 0 Å². The summed E-state index contributed by atoms with van der Waals surface area (Å²) in [6.45, 7) is 4.81. The third kappa shape index (κ3) is 3.45. The normalized spacial score (nSPS) is 15.6. The highest BCUT2D eigenvalue weighted by Gasteiger charge is 2.21. The molecule has 0 N–H and O–H groups in total. The van der Waals surface area contributed by atoms with Gasteiger partial charge in [-0.3, -0.25) is 0 Å². The average Bonchev–Trinajstić information content (AvgIpc) is 2.21. The van der Waals surface area contributed by atoms with Gasteiger partial charge in [-0.05, 0) is 44.2 Å². The fourth-order valence-corrected chi connectivity index (χ4v) is 2.05. The van der Waals surface area contributed by atoms with Crippen LogP contribution in [-0.4, -0.2) is 34.6 Å². The molecule has 0 spiro atoms. The fourth-order valence-electron chi connectivity index (χ4n) is 1.90. The Bertz CT molecular complexity index is 409. The molecule has 1 fully saturated rings. The van der Waals surface area contributed by atoms with Crippen molar-refractivity contribution in [2.75, 3.05) is 18.5 Å². The lowest BCUT2D eigenvalue weighted by molar-refractivity contribution is 0.221. The minimum Gasteiger partial charge on any atom is -0.461 e. The Hall–Kier alpha value is -1.10. The number of hydrogen-bond acceptors (Lipinski definition) is 5. The summed E-state index contributed by atoms with van der Waals surface area (Å²) in [5.41, 5.74) is 0. The van der Waals surface area contributed by atoms with E-state index in [-0.39, 0.29) is 11.4 Å². The summed E-state index contributed by atoms with van der Waals surface area (Å²) in [7, 11) is 1.98. The molecule has 5 nitrogen and oxygen atoms in total. The highest BCUT2D eigenvalue weighted by atomic mass is 35.5. The maximum atomic E-state index is 5.89. The Balaban J connectivity index is 2.07. The molecule has 0 aliphatic heterocycles. The van der Waals surface area contributed by atoms with E-state index in [2.05, 4.69) is 15.0 Å². The van der Waals surface area contributed by atoms with Crippen LogP contribution in [0.15, 0.2) is 0 Å². The van der Waals surface area contributed by atoms with Crippen molar-refractivity contribution in [3.63, 3.8) is 0 Å². The van der Waals surface area contributed by atoms with E-state index in [9.17, 15) is 0 Å². The van der Waals surface area contributed by atoms with Gasteiger partial charge in [-0.2, -0.15) is 15.0 Å².